The number of hydrogen-bond donors (Lipinski definition) is 1. The first-order valence-corrected chi connectivity index (χ1v) is 5.55. The molecular weight excluding hydrogens is 192 g/mol. The van der Waals surface area contributed by atoms with Gasteiger partial charge in [-0.2, -0.15) is 0 Å². The zero-order valence-corrected chi connectivity index (χ0v) is 9.53. The molecule has 1 rings (SSSR count). The lowest BCUT2D eigenvalue weighted by atomic mass is 10.3. The van der Waals surface area contributed by atoms with E-state index in [2.05, 4.69) is 30.6 Å². The first kappa shape index (κ1) is 11.3. The maximum absolute atomic E-state index is 5.46. The number of aryl methyl sites for hydroxylation is 2. The fourth-order valence-corrected chi connectivity index (χ4v) is 2.06. The van der Waals surface area contributed by atoms with E-state index >= 15 is 0 Å². The smallest absolute Gasteiger partial charge is 0.0968 e. The van der Waals surface area contributed by atoms with Crippen LogP contribution < -0.4 is 5.73 Å². The minimum absolute atomic E-state index is 0.553. The van der Waals surface area contributed by atoms with Crippen LogP contribution in [0.3, 0.4) is 0 Å². The lowest BCUT2D eigenvalue weighted by Crippen LogP contribution is -2.03. The summed E-state index contributed by atoms with van der Waals surface area (Å²) in [4.78, 5) is 4.42. The Labute approximate surface area is 89.6 Å². The third-order valence-corrected chi connectivity index (χ3v) is 2.84. The highest BCUT2D eigenvalue weighted by atomic mass is 32.2. The highest BCUT2D eigenvalue weighted by Gasteiger charge is 1.99. The van der Waals surface area contributed by atoms with Gasteiger partial charge in [-0.3, -0.25) is 0 Å². The zero-order chi connectivity index (χ0) is 10.6. The quantitative estimate of drug-likeness (QED) is 0.609. The van der Waals surface area contributed by atoms with Gasteiger partial charge in [0.25, 0.3) is 0 Å². The molecule has 1 aromatic heterocycles. The van der Waals surface area contributed by atoms with Gasteiger partial charge in [0.15, 0.2) is 0 Å². The summed E-state index contributed by atoms with van der Waals surface area (Å²) in [6.45, 7) is 8.50. The molecule has 1 heterocycles. The molecule has 0 unspecified atom stereocenters. The van der Waals surface area contributed by atoms with Crippen LogP contribution in [0.5, 0.6) is 0 Å². The molecule has 76 valence electrons. The van der Waals surface area contributed by atoms with Crippen molar-refractivity contribution in [2.75, 3.05) is 12.3 Å². The van der Waals surface area contributed by atoms with Crippen LogP contribution in [0.4, 0.5) is 0 Å². The van der Waals surface area contributed by atoms with Crippen LogP contribution in [-0.2, 0) is 0 Å². The highest BCUT2D eigenvalue weighted by Crippen LogP contribution is 2.19. The predicted molar refractivity (Wildman–Crippen MR) is 62.6 cm³/mol. The zero-order valence-electron chi connectivity index (χ0n) is 8.71. The van der Waals surface area contributed by atoms with E-state index in [1.807, 2.05) is 6.92 Å². The topological polar surface area (TPSA) is 38.9 Å². The predicted octanol–water partition coefficient (Wildman–Crippen LogP) is 2.31. The molecule has 0 aliphatic carbocycles. The fourth-order valence-electron chi connectivity index (χ4n) is 1.11. The van der Waals surface area contributed by atoms with Crippen LogP contribution in [0, 0.1) is 13.8 Å². The molecular formula is C11H16N2S. The molecule has 0 saturated heterocycles. The second-order valence-corrected chi connectivity index (χ2v) is 4.36. The van der Waals surface area contributed by atoms with Crippen molar-refractivity contribution >= 4 is 11.8 Å². The van der Waals surface area contributed by atoms with Crippen molar-refractivity contribution in [3.05, 3.63) is 35.5 Å². The summed E-state index contributed by atoms with van der Waals surface area (Å²) in [5.41, 5.74) is 8.82. The third kappa shape index (κ3) is 3.52. The molecule has 0 amide bonds. The van der Waals surface area contributed by atoms with Gasteiger partial charge in [-0.15, -0.1) is 11.8 Å². The summed E-state index contributed by atoms with van der Waals surface area (Å²) >= 11 is 1.69. The van der Waals surface area contributed by atoms with Crippen molar-refractivity contribution < 1.29 is 0 Å². The van der Waals surface area contributed by atoms with E-state index in [0.29, 0.717) is 6.54 Å². The van der Waals surface area contributed by atoms with Crippen LogP contribution in [0.25, 0.3) is 0 Å². The number of hydrogen-bond acceptors (Lipinski definition) is 3. The standard InChI is InChI=1S/C11H16N2S/c1-8-4-10(3)13-11(5-8)14-7-9(2)6-12/h4-5H,2,6-7,12H2,1,3H3. The number of nitrogens with zero attached hydrogens (tertiary/aromatic N) is 1. The van der Waals surface area contributed by atoms with E-state index in [-0.39, 0.29) is 0 Å². The molecule has 0 aromatic carbocycles. The van der Waals surface area contributed by atoms with E-state index < -0.39 is 0 Å². The lowest BCUT2D eigenvalue weighted by molar-refractivity contribution is 1.05. The largest absolute Gasteiger partial charge is 0.327 e. The van der Waals surface area contributed by atoms with Crippen molar-refractivity contribution in [3.63, 3.8) is 0 Å². The number of pyridine rings is 1. The van der Waals surface area contributed by atoms with Gasteiger partial charge >= 0.3 is 0 Å². The van der Waals surface area contributed by atoms with E-state index in [0.717, 1.165) is 22.0 Å². The average molecular weight is 208 g/mol. The molecule has 14 heavy (non-hydrogen) atoms. The maximum atomic E-state index is 5.46. The van der Waals surface area contributed by atoms with Crippen LogP contribution >= 0.6 is 11.8 Å². The van der Waals surface area contributed by atoms with Crippen LogP contribution in [0.15, 0.2) is 29.3 Å². The first-order valence-electron chi connectivity index (χ1n) is 4.56. The van der Waals surface area contributed by atoms with Crippen molar-refractivity contribution in [2.24, 2.45) is 5.73 Å². The third-order valence-electron chi connectivity index (χ3n) is 1.79. The first-order chi connectivity index (χ1) is 6.61. The van der Waals surface area contributed by atoms with Crippen molar-refractivity contribution in [1.29, 1.82) is 0 Å². The van der Waals surface area contributed by atoms with E-state index in [4.69, 9.17) is 5.73 Å². The maximum Gasteiger partial charge on any atom is 0.0968 e. The van der Waals surface area contributed by atoms with Crippen molar-refractivity contribution in [2.45, 2.75) is 18.9 Å². The summed E-state index contributed by atoms with van der Waals surface area (Å²) in [7, 11) is 0. The monoisotopic (exact) mass is 208 g/mol. The van der Waals surface area contributed by atoms with Crippen molar-refractivity contribution in [1.82, 2.24) is 4.98 Å². The molecule has 0 aliphatic rings. The minimum Gasteiger partial charge on any atom is -0.327 e. The van der Waals surface area contributed by atoms with Gasteiger partial charge < -0.3 is 5.73 Å². The summed E-state index contributed by atoms with van der Waals surface area (Å²) in [5, 5.41) is 1.05. The Balaban J connectivity index is 2.63. The molecule has 2 N–H and O–H groups in total. The fraction of sp³-hybridized carbons (Fsp3) is 0.364. The molecule has 0 bridgehead atoms. The molecule has 1 aromatic rings. The molecule has 0 spiro atoms. The normalized spacial score (nSPS) is 10.2. The van der Waals surface area contributed by atoms with Gasteiger partial charge in [0.2, 0.25) is 0 Å². The van der Waals surface area contributed by atoms with Gasteiger partial charge in [0.05, 0.1) is 5.03 Å². The second-order valence-electron chi connectivity index (χ2n) is 3.37. The van der Waals surface area contributed by atoms with Gasteiger partial charge in [-0.1, -0.05) is 12.2 Å². The summed E-state index contributed by atoms with van der Waals surface area (Å²) < 4.78 is 0. The molecule has 3 heteroatoms. The van der Waals surface area contributed by atoms with Crippen LogP contribution in [0.2, 0.25) is 0 Å². The minimum atomic E-state index is 0.553. The Bertz CT molecular complexity index is 314. The van der Waals surface area contributed by atoms with Gasteiger partial charge in [-0.25, -0.2) is 4.98 Å². The summed E-state index contributed by atoms with van der Waals surface area (Å²) in [6, 6.07) is 4.16. The molecule has 0 atom stereocenters. The number of rotatable bonds is 4. The van der Waals surface area contributed by atoms with Crippen LogP contribution in [0.1, 0.15) is 11.3 Å². The average Bonchev–Trinajstić information content (AvgIpc) is 2.12. The Morgan fingerprint density at radius 2 is 2.21 bits per heavy atom. The molecule has 0 saturated carbocycles. The van der Waals surface area contributed by atoms with Gasteiger partial charge in [-0.05, 0) is 31.5 Å². The van der Waals surface area contributed by atoms with E-state index in [1.165, 1.54) is 5.56 Å². The Morgan fingerprint density at radius 1 is 1.50 bits per heavy atom. The number of nitrogens with two attached hydrogens (primary N) is 1. The summed E-state index contributed by atoms with van der Waals surface area (Å²) in [6.07, 6.45) is 0. The molecule has 2 nitrogen and oxygen atoms in total. The van der Waals surface area contributed by atoms with E-state index in [1.54, 1.807) is 11.8 Å². The SMILES string of the molecule is C=C(CN)CSc1cc(C)cc(C)n1. The number of aromatic nitrogens is 1. The molecule has 0 aliphatic heterocycles. The highest BCUT2D eigenvalue weighted by molar-refractivity contribution is 7.99. The second kappa shape index (κ2) is 5.17. The van der Waals surface area contributed by atoms with Gasteiger partial charge in [0, 0.05) is 18.0 Å². The van der Waals surface area contributed by atoms with Crippen molar-refractivity contribution in [3.8, 4) is 0 Å². The number of thioether (sulfide) groups is 1. The Hall–Kier alpha value is -0.800. The Morgan fingerprint density at radius 3 is 2.79 bits per heavy atom. The molecule has 0 radical (unpaired) electrons. The van der Waals surface area contributed by atoms with E-state index in [9.17, 15) is 0 Å². The van der Waals surface area contributed by atoms with Gasteiger partial charge in [0.1, 0.15) is 0 Å². The summed E-state index contributed by atoms with van der Waals surface area (Å²) in [5.74, 6) is 0.854. The van der Waals surface area contributed by atoms with Crippen LogP contribution in [-0.4, -0.2) is 17.3 Å². The lowest BCUT2D eigenvalue weighted by Gasteiger charge is -2.04. The molecule has 0 fully saturated rings. The Kier molecular flexibility index (Phi) is 4.17.